The van der Waals surface area contributed by atoms with Crippen LogP contribution in [0.15, 0.2) is 4.99 Å². The van der Waals surface area contributed by atoms with E-state index in [1.165, 1.54) is 0 Å². The van der Waals surface area contributed by atoms with Crippen LogP contribution in [0, 0.1) is 5.92 Å². The molecule has 0 radical (unpaired) electrons. The fraction of sp³-hybridized carbons (Fsp3) is 0.889. The number of carbonyl (C=O) groups is 1. The Morgan fingerprint density at radius 2 is 1.88 bits per heavy atom. The third-order valence-electron chi connectivity index (χ3n) is 5.13. The van der Waals surface area contributed by atoms with Gasteiger partial charge < -0.3 is 20.3 Å². The Hall–Kier alpha value is -0.610. The number of carbonyl (C=O) groups excluding carboxylic acids is 1. The minimum absolute atomic E-state index is 0. The Kier molecular flexibility index (Phi) is 10.2. The molecule has 2 aliphatic heterocycles. The maximum Gasteiger partial charge on any atom is 0.243 e. The number of hydrogen-bond donors (Lipinski definition) is 2. The first kappa shape index (κ1) is 23.4. The third-order valence-corrected chi connectivity index (χ3v) is 5.13. The van der Waals surface area contributed by atoms with Crippen LogP contribution in [0.3, 0.4) is 0 Å². The van der Waals surface area contributed by atoms with E-state index in [0.717, 1.165) is 45.1 Å². The van der Waals surface area contributed by atoms with E-state index in [9.17, 15) is 4.79 Å². The fourth-order valence-electron chi connectivity index (χ4n) is 3.25. The summed E-state index contributed by atoms with van der Waals surface area (Å²) in [5, 5.41) is 7.09. The van der Waals surface area contributed by atoms with Crippen molar-refractivity contribution in [2.24, 2.45) is 10.9 Å². The molecule has 2 rings (SSSR count). The van der Waals surface area contributed by atoms with E-state index in [4.69, 9.17) is 4.74 Å². The molecule has 8 heteroatoms. The first-order chi connectivity index (χ1) is 11.9. The van der Waals surface area contributed by atoms with E-state index < -0.39 is 0 Å². The number of nitrogens with one attached hydrogen (secondary N) is 2. The number of amides is 1. The molecule has 0 spiro atoms. The average molecular weight is 481 g/mol. The van der Waals surface area contributed by atoms with Crippen LogP contribution in [0.25, 0.3) is 0 Å². The molecule has 26 heavy (non-hydrogen) atoms. The minimum atomic E-state index is 0. The van der Waals surface area contributed by atoms with Crippen molar-refractivity contribution >= 4 is 35.8 Å². The van der Waals surface area contributed by atoms with Crippen LogP contribution in [0.1, 0.15) is 33.6 Å². The zero-order chi connectivity index (χ0) is 18.4. The fourth-order valence-corrected chi connectivity index (χ4v) is 3.25. The summed E-state index contributed by atoms with van der Waals surface area (Å²) in [6, 6.07) is 1.25. The van der Waals surface area contributed by atoms with E-state index in [1.807, 2.05) is 0 Å². The van der Waals surface area contributed by atoms with Gasteiger partial charge in [-0.05, 0) is 32.6 Å². The Morgan fingerprint density at radius 3 is 2.42 bits per heavy atom. The average Bonchev–Trinajstić information content (AvgIpc) is 2.94. The van der Waals surface area contributed by atoms with Crippen LogP contribution in [0.5, 0.6) is 0 Å². The molecule has 0 aromatic carbocycles. The number of likely N-dealkylation sites (tertiary alicyclic amines) is 1. The number of aliphatic imine (C=N–C) groups is 1. The molecule has 1 amide bonds. The molecule has 2 fully saturated rings. The maximum atomic E-state index is 11.9. The molecule has 0 bridgehead atoms. The number of ether oxygens (including phenoxy) is 1. The molecule has 0 aromatic rings. The SMILES string of the molecule is CC1CN(C(C)C)CC1NC(=NCC(=O)N(C)C)NC1CCOCC1.I. The van der Waals surface area contributed by atoms with Crippen LogP contribution in [0.4, 0.5) is 0 Å². The van der Waals surface area contributed by atoms with Crippen molar-refractivity contribution in [1.29, 1.82) is 0 Å². The molecular weight excluding hydrogens is 445 g/mol. The summed E-state index contributed by atoms with van der Waals surface area (Å²) in [7, 11) is 3.52. The quantitative estimate of drug-likeness (QED) is 0.350. The highest BCUT2D eigenvalue weighted by Crippen LogP contribution is 2.18. The normalized spacial score (nSPS) is 25.1. The van der Waals surface area contributed by atoms with Crippen molar-refractivity contribution in [3.8, 4) is 0 Å². The van der Waals surface area contributed by atoms with Crippen molar-refractivity contribution in [3.05, 3.63) is 0 Å². The van der Waals surface area contributed by atoms with E-state index in [1.54, 1.807) is 19.0 Å². The van der Waals surface area contributed by atoms with Gasteiger partial charge in [0.2, 0.25) is 5.91 Å². The zero-order valence-corrected chi connectivity index (χ0v) is 19.2. The van der Waals surface area contributed by atoms with Crippen molar-refractivity contribution in [1.82, 2.24) is 20.4 Å². The molecule has 2 unspecified atom stereocenters. The number of rotatable bonds is 5. The molecule has 2 atom stereocenters. The first-order valence-corrected chi connectivity index (χ1v) is 9.46. The topological polar surface area (TPSA) is 69.2 Å². The summed E-state index contributed by atoms with van der Waals surface area (Å²) in [6.07, 6.45) is 1.95. The second-order valence-electron chi connectivity index (χ2n) is 7.76. The Labute approximate surface area is 175 Å². The Morgan fingerprint density at radius 1 is 1.23 bits per heavy atom. The van der Waals surface area contributed by atoms with Gasteiger partial charge in [0, 0.05) is 58.5 Å². The van der Waals surface area contributed by atoms with Crippen LogP contribution >= 0.6 is 24.0 Å². The number of hydrogen-bond acceptors (Lipinski definition) is 4. The van der Waals surface area contributed by atoms with Gasteiger partial charge in [-0.1, -0.05) is 6.92 Å². The van der Waals surface area contributed by atoms with Gasteiger partial charge in [-0.15, -0.1) is 24.0 Å². The molecule has 2 heterocycles. The highest BCUT2D eigenvalue weighted by molar-refractivity contribution is 14.0. The molecule has 152 valence electrons. The molecule has 7 nitrogen and oxygen atoms in total. The van der Waals surface area contributed by atoms with E-state index >= 15 is 0 Å². The predicted molar refractivity (Wildman–Crippen MR) is 116 cm³/mol. The summed E-state index contributed by atoms with van der Waals surface area (Å²) in [5.41, 5.74) is 0. The first-order valence-electron chi connectivity index (χ1n) is 9.46. The third kappa shape index (κ3) is 7.19. The molecule has 2 saturated heterocycles. The highest BCUT2D eigenvalue weighted by atomic mass is 127. The van der Waals surface area contributed by atoms with Gasteiger partial charge >= 0.3 is 0 Å². The lowest BCUT2D eigenvalue weighted by Crippen LogP contribution is -2.51. The lowest BCUT2D eigenvalue weighted by atomic mass is 10.1. The van der Waals surface area contributed by atoms with E-state index in [-0.39, 0.29) is 36.4 Å². The zero-order valence-electron chi connectivity index (χ0n) is 16.8. The number of halogens is 1. The van der Waals surface area contributed by atoms with E-state index in [2.05, 4.69) is 41.3 Å². The van der Waals surface area contributed by atoms with Crippen molar-refractivity contribution < 1.29 is 9.53 Å². The monoisotopic (exact) mass is 481 g/mol. The van der Waals surface area contributed by atoms with Gasteiger partial charge in [0.05, 0.1) is 0 Å². The Balaban J connectivity index is 0.00000338. The van der Waals surface area contributed by atoms with Gasteiger partial charge in [0.1, 0.15) is 6.54 Å². The summed E-state index contributed by atoms with van der Waals surface area (Å²) in [5.74, 6) is 1.31. The van der Waals surface area contributed by atoms with Crippen LogP contribution < -0.4 is 10.6 Å². The van der Waals surface area contributed by atoms with Gasteiger partial charge in [0.15, 0.2) is 5.96 Å². The summed E-state index contributed by atoms with van der Waals surface area (Å²) >= 11 is 0. The lowest BCUT2D eigenvalue weighted by Gasteiger charge is -2.28. The largest absolute Gasteiger partial charge is 0.381 e. The molecule has 2 aliphatic rings. The maximum absolute atomic E-state index is 11.9. The summed E-state index contributed by atoms with van der Waals surface area (Å²) < 4.78 is 5.43. The van der Waals surface area contributed by atoms with Crippen molar-refractivity contribution in [3.63, 3.8) is 0 Å². The predicted octanol–water partition coefficient (Wildman–Crippen LogP) is 1.14. The molecular formula is C18H36IN5O2. The van der Waals surface area contributed by atoms with Crippen molar-refractivity contribution in [2.45, 2.75) is 51.7 Å². The summed E-state index contributed by atoms with van der Waals surface area (Å²) in [6.45, 7) is 10.6. The highest BCUT2D eigenvalue weighted by Gasteiger charge is 2.31. The number of guanidine groups is 1. The van der Waals surface area contributed by atoms with Crippen LogP contribution in [-0.4, -0.2) is 86.7 Å². The molecule has 0 aromatic heterocycles. The minimum Gasteiger partial charge on any atom is -0.381 e. The standard InChI is InChI=1S/C18H35N5O2.HI/c1-13(2)23-11-14(3)16(12-23)21-18(19-10-17(24)22(4)5)20-15-6-8-25-9-7-15;/h13-16H,6-12H2,1-5H3,(H2,19,20,21);1H. The van der Waals surface area contributed by atoms with Gasteiger partial charge in [-0.25, -0.2) is 4.99 Å². The summed E-state index contributed by atoms with van der Waals surface area (Å²) in [4.78, 5) is 20.5. The lowest BCUT2D eigenvalue weighted by molar-refractivity contribution is -0.127. The van der Waals surface area contributed by atoms with Crippen molar-refractivity contribution in [2.75, 3.05) is 46.9 Å². The number of likely N-dealkylation sites (N-methyl/N-ethyl adjacent to an activating group) is 1. The Bertz CT molecular complexity index is 466. The van der Waals surface area contributed by atoms with Gasteiger partial charge in [-0.3, -0.25) is 9.69 Å². The van der Waals surface area contributed by atoms with Crippen LogP contribution in [-0.2, 0) is 9.53 Å². The van der Waals surface area contributed by atoms with Crippen LogP contribution in [0.2, 0.25) is 0 Å². The molecule has 2 N–H and O–H groups in total. The molecule has 0 saturated carbocycles. The number of nitrogens with zero attached hydrogens (tertiary/aromatic N) is 3. The molecule has 0 aliphatic carbocycles. The second kappa shape index (κ2) is 11.3. The van der Waals surface area contributed by atoms with E-state index in [0.29, 0.717) is 24.0 Å². The second-order valence-corrected chi connectivity index (χ2v) is 7.76. The smallest absolute Gasteiger partial charge is 0.243 e. The van der Waals surface area contributed by atoms with Gasteiger partial charge in [0.25, 0.3) is 0 Å². The van der Waals surface area contributed by atoms with Gasteiger partial charge in [-0.2, -0.15) is 0 Å².